The number of hydrazone groups is 1. The lowest BCUT2D eigenvalue weighted by molar-refractivity contribution is -0.384. The van der Waals surface area contributed by atoms with E-state index in [0.717, 1.165) is 0 Å². The van der Waals surface area contributed by atoms with Gasteiger partial charge in [-0.2, -0.15) is 5.10 Å². The first-order valence-corrected chi connectivity index (χ1v) is 12.1. The van der Waals surface area contributed by atoms with Gasteiger partial charge >= 0.3 is 5.97 Å². The summed E-state index contributed by atoms with van der Waals surface area (Å²) in [6.45, 7) is 0. The lowest BCUT2D eigenvalue weighted by Gasteiger charge is -2.09. The van der Waals surface area contributed by atoms with Crippen LogP contribution in [0.5, 0.6) is 5.75 Å². The minimum atomic E-state index is -0.724. The lowest BCUT2D eigenvalue weighted by atomic mass is 10.1. The zero-order valence-corrected chi connectivity index (χ0v) is 21.3. The number of nitro groups is 1. The highest BCUT2D eigenvalue weighted by molar-refractivity contribution is 6.05. The van der Waals surface area contributed by atoms with Crippen molar-refractivity contribution in [2.24, 2.45) is 5.10 Å². The average molecular weight is 551 g/mol. The zero-order chi connectivity index (χ0) is 29.0. The Bertz CT molecular complexity index is 1610. The summed E-state index contributed by atoms with van der Waals surface area (Å²) in [5, 5.41) is 17.4. The van der Waals surface area contributed by atoms with Crippen LogP contribution in [0.25, 0.3) is 12.2 Å². The molecule has 2 N–H and O–H groups in total. The molecule has 0 bridgehead atoms. The molecule has 0 saturated carbocycles. The highest BCUT2D eigenvalue weighted by Crippen LogP contribution is 2.15. The van der Waals surface area contributed by atoms with Crippen LogP contribution in [0, 0.1) is 10.1 Å². The molecule has 0 radical (unpaired) electrons. The monoisotopic (exact) mass is 550 g/mol. The number of ether oxygens (including phenoxy) is 1. The highest BCUT2D eigenvalue weighted by atomic mass is 16.6. The first-order valence-electron chi connectivity index (χ1n) is 12.1. The van der Waals surface area contributed by atoms with Crippen molar-refractivity contribution in [2.45, 2.75) is 0 Å². The van der Waals surface area contributed by atoms with Crippen molar-refractivity contribution >= 4 is 41.8 Å². The predicted octanol–water partition coefficient (Wildman–Crippen LogP) is 4.73. The van der Waals surface area contributed by atoms with Gasteiger partial charge in [0.15, 0.2) is 0 Å². The maximum atomic E-state index is 12.9. The Labute approximate surface area is 233 Å². The second-order valence-corrected chi connectivity index (χ2v) is 8.26. The third kappa shape index (κ3) is 8.45. The Kier molecular flexibility index (Phi) is 9.28. The fourth-order valence-electron chi connectivity index (χ4n) is 3.34. The normalized spacial score (nSPS) is 11.4. The van der Waals surface area contributed by atoms with Crippen LogP contribution in [0.2, 0.25) is 0 Å². The molecule has 41 heavy (non-hydrogen) atoms. The molecule has 2 amide bonds. The molecule has 0 spiro atoms. The number of nitro benzene ring substituents is 1. The summed E-state index contributed by atoms with van der Waals surface area (Å²) < 4.78 is 10.3. The highest BCUT2D eigenvalue weighted by Gasteiger charge is 2.15. The number of nitrogens with zero attached hydrogens (tertiary/aromatic N) is 2. The lowest BCUT2D eigenvalue weighted by Crippen LogP contribution is -2.32. The number of furan rings is 1. The van der Waals surface area contributed by atoms with Crippen LogP contribution in [-0.2, 0) is 9.59 Å². The third-order valence-corrected chi connectivity index (χ3v) is 5.35. The summed E-state index contributed by atoms with van der Waals surface area (Å²) in [5.74, 6) is -1.02. The van der Waals surface area contributed by atoms with Gasteiger partial charge in [-0.15, -0.1) is 0 Å². The molecule has 0 unspecified atom stereocenters. The van der Waals surface area contributed by atoms with Crippen LogP contribution in [0.15, 0.2) is 119 Å². The van der Waals surface area contributed by atoms with E-state index in [2.05, 4.69) is 15.8 Å². The van der Waals surface area contributed by atoms with Crippen LogP contribution >= 0.6 is 0 Å². The van der Waals surface area contributed by atoms with Gasteiger partial charge in [-0.1, -0.05) is 18.2 Å². The number of hydrogen-bond acceptors (Lipinski definition) is 8. The molecule has 0 aliphatic carbocycles. The largest absolute Gasteiger partial charge is 0.465 e. The molecular formula is C30H22N4O7. The van der Waals surface area contributed by atoms with Gasteiger partial charge in [0.05, 0.1) is 17.4 Å². The molecular weight excluding hydrogens is 528 g/mol. The number of hydrogen-bond donors (Lipinski definition) is 2. The standard InChI is InChI=1S/C30H22N4O7/c35-28(17-16-25-7-4-18-40-25)41-26-14-10-22(11-15-26)20-31-33-30(37)27(32-29(36)23-5-2-1-3-6-23)19-21-8-12-24(13-9-21)34(38)39/h1-20H,(H,32,36)(H,33,37)/b17-16+,27-19+,31-20+. The number of amides is 2. The van der Waals surface area contributed by atoms with E-state index in [4.69, 9.17) is 9.15 Å². The third-order valence-electron chi connectivity index (χ3n) is 5.35. The van der Waals surface area contributed by atoms with Gasteiger partial charge in [0, 0.05) is 23.8 Å². The van der Waals surface area contributed by atoms with E-state index in [-0.39, 0.29) is 11.4 Å². The molecule has 1 aromatic heterocycles. The topological polar surface area (TPSA) is 153 Å². The summed E-state index contributed by atoms with van der Waals surface area (Å²) in [7, 11) is 0. The second-order valence-electron chi connectivity index (χ2n) is 8.26. The first-order chi connectivity index (χ1) is 19.9. The Balaban J connectivity index is 1.41. The molecule has 0 fully saturated rings. The molecule has 0 saturated heterocycles. The summed E-state index contributed by atoms with van der Waals surface area (Å²) in [5.41, 5.74) is 3.47. The Hall–Kier alpha value is -6.10. The minimum Gasteiger partial charge on any atom is -0.465 e. The molecule has 0 aliphatic rings. The van der Waals surface area contributed by atoms with Crippen molar-refractivity contribution in [2.75, 3.05) is 0 Å². The van der Waals surface area contributed by atoms with Gasteiger partial charge in [-0.05, 0) is 83.9 Å². The second kappa shape index (κ2) is 13.6. The molecule has 0 atom stereocenters. The molecule has 4 rings (SSSR count). The Morgan fingerprint density at radius 3 is 2.24 bits per heavy atom. The van der Waals surface area contributed by atoms with Crippen LogP contribution in [-0.4, -0.2) is 28.9 Å². The maximum Gasteiger partial charge on any atom is 0.336 e. The Morgan fingerprint density at radius 2 is 1.59 bits per heavy atom. The van der Waals surface area contributed by atoms with E-state index in [0.29, 0.717) is 28.2 Å². The number of carbonyl (C=O) groups excluding carboxylic acids is 3. The molecule has 4 aromatic rings. The van der Waals surface area contributed by atoms with Crippen molar-refractivity contribution in [3.8, 4) is 5.75 Å². The zero-order valence-electron chi connectivity index (χ0n) is 21.3. The molecule has 204 valence electrons. The number of rotatable bonds is 10. The van der Waals surface area contributed by atoms with E-state index < -0.39 is 22.7 Å². The van der Waals surface area contributed by atoms with E-state index in [9.17, 15) is 24.5 Å². The quantitative estimate of drug-likeness (QED) is 0.0723. The van der Waals surface area contributed by atoms with Gasteiger partial charge in [-0.3, -0.25) is 19.7 Å². The van der Waals surface area contributed by atoms with Crippen LogP contribution < -0.4 is 15.5 Å². The van der Waals surface area contributed by atoms with Crippen LogP contribution in [0.3, 0.4) is 0 Å². The number of non-ortho nitro benzene ring substituents is 1. The van der Waals surface area contributed by atoms with Gasteiger partial charge in [0.1, 0.15) is 17.2 Å². The predicted molar refractivity (Wildman–Crippen MR) is 151 cm³/mol. The van der Waals surface area contributed by atoms with Crippen molar-refractivity contribution < 1.29 is 28.5 Å². The molecule has 11 nitrogen and oxygen atoms in total. The van der Waals surface area contributed by atoms with Crippen LogP contribution in [0.4, 0.5) is 5.69 Å². The number of carbonyl (C=O) groups is 3. The summed E-state index contributed by atoms with van der Waals surface area (Å²) in [6, 6.07) is 23.5. The van der Waals surface area contributed by atoms with Crippen molar-refractivity contribution in [1.82, 2.24) is 10.7 Å². The van der Waals surface area contributed by atoms with Crippen molar-refractivity contribution in [3.05, 3.63) is 142 Å². The fourth-order valence-corrected chi connectivity index (χ4v) is 3.34. The summed E-state index contributed by atoms with van der Waals surface area (Å²) >= 11 is 0. The molecule has 3 aromatic carbocycles. The first kappa shape index (κ1) is 27.9. The number of esters is 1. The van der Waals surface area contributed by atoms with E-state index >= 15 is 0 Å². The number of benzene rings is 3. The molecule has 11 heteroatoms. The van der Waals surface area contributed by atoms with Gasteiger partial charge < -0.3 is 14.5 Å². The summed E-state index contributed by atoms with van der Waals surface area (Å²) in [4.78, 5) is 48.0. The van der Waals surface area contributed by atoms with Gasteiger partial charge in [-0.25, -0.2) is 10.2 Å². The van der Waals surface area contributed by atoms with E-state index in [1.807, 2.05) is 0 Å². The van der Waals surface area contributed by atoms with Crippen molar-refractivity contribution in [3.63, 3.8) is 0 Å². The van der Waals surface area contributed by atoms with Crippen molar-refractivity contribution in [1.29, 1.82) is 0 Å². The molecule has 1 heterocycles. The smallest absolute Gasteiger partial charge is 0.336 e. The van der Waals surface area contributed by atoms with E-state index in [1.165, 1.54) is 55.0 Å². The number of nitrogens with one attached hydrogen (secondary N) is 2. The van der Waals surface area contributed by atoms with Gasteiger partial charge in [0.2, 0.25) is 0 Å². The Morgan fingerprint density at radius 1 is 0.878 bits per heavy atom. The SMILES string of the molecule is O=C(/C=C/c1ccco1)Oc1ccc(/C=N/NC(=O)/C(=C\c2ccc([N+](=O)[O-])cc2)NC(=O)c2ccccc2)cc1. The van der Waals surface area contributed by atoms with Gasteiger partial charge in [0.25, 0.3) is 17.5 Å². The fraction of sp³-hybridized carbons (Fsp3) is 0. The summed E-state index contributed by atoms with van der Waals surface area (Å²) in [6.07, 6.45) is 6.95. The van der Waals surface area contributed by atoms with Crippen LogP contribution in [0.1, 0.15) is 27.2 Å². The molecule has 0 aliphatic heterocycles. The average Bonchev–Trinajstić information content (AvgIpc) is 3.51. The minimum absolute atomic E-state index is 0.114. The maximum absolute atomic E-state index is 12.9. The van der Waals surface area contributed by atoms with E-state index in [1.54, 1.807) is 66.7 Å².